The van der Waals surface area contributed by atoms with Crippen LogP contribution in [0.1, 0.15) is 4.11 Å². The second-order valence-electron chi connectivity index (χ2n) is 2.44. The molecule has 6 nitrogen and oxygen atoms in total. The van der Waals surface area contributed by atoms with Crippen LogP contribution in [0.2, 0.25) is 5.02 Å². The Morgan fingerprint density at radius 3 is 2.07 bits per heavy atom. The fourth-order valence-corrected chi connectivity index (χ4v) is 2.16. The number of benzene rings is 1. The molecule has 0 fully saturated rings. The fraction of sp³-hybridized carbons (Fsp3) is 0. The van der Waals surface area contributed by atoms with Gasteiger partial charge in [-0.25, -0.2) is 27.1 Å². The number of nitrogens with two attached hydrogens (primary N) is 2. The molecule has 4 N–H and O–H groups in total. The van der Waals surface area contributed by atoms with Crippen LogP contribution in [0.3, 0.4) is 0 Å². The average molecular weight is 274 g/mol. The van der Waals surface area contributed by atoms with Gasteiger partial charge in [0.25, 0.3) is 0 Å². The molecule has 9 heteroatoms. The Bertz CT molecular complexity index is 673. The summed E-state index contributed by atoms with van der Waals surface area (Å²) in [6.45, 7) is 0. The third-order valence-electron chi connectivity index (χ3n) is 1.28. The topological polar surface area (TPSA) is 120 Å². The van der Waals surface area contributed by atoms with Gasteiger partial charge in [-0.15, -0.1) is 0 Å². The van der Waals surface area contributed by atoms with E-state index in [1.54, 1.807) is 0 Å². The van der Waals surface area contributed by atoms with Crippen LogP contribution in [-0.4, -0.2) is 16.8 Å². The quantitative estimate of drug-likeness (QED) is 0.764. The van der Waals surface area contributed by atoms with Gasteiger partial charge in [-0.2, -0.15) is 0 Å². The molecule has 1 rings (SSSR count). The highest BCUT2D eigenvalue weighted by Gasteiger charge is 2.17. The maximum absolute atomic E-state index is 11.2. The zero-order chi connectivity index (χ0) is 14.5. The van der Waals surface area contributed by atoms with E-state index in [4.69, 9.17) is 26.0 Å². The average Bonchev–Trinajstić information content (AvgIpc) is 2.09. The summed E-state index contributed by atoms with van der Waals surface area (Å²) < 4.78 is 66.9. The van der Waals surface area contributed by atoms with Crippen molar-refractivity contribution in [2.75, 3.05) is 0 Å². The number of rotatable bonds is 2. The van der Waals surface area contributed by atoms with Crippen LogP contribution in [0.4, 0.5) is 0 Å². The smallest absolute Gasteiger partial charge is 0.225 e. The van der Waals surface area contributed by atoms with Gasteiger partial charge in [0.2, 0.25) is 20.0 Å². The molecule has 0 aromatic heterocycles. The second-order valence-corrected chi connectivity index (χ2v) is 5.81. The van der Waals surface area contributed by atoms with Gasteiger partial charge in [0.15, 0.2) is 0 Å². The Balaban J connectivity index is 4.09. The van der Waals surface area contributed by atoms with Crippen molar-refractivity contribution in [1.29, 1.82) is 0 Å². The zero-order valence-corrected chi connectivity index (χ0v) is 9.37. The summed E-state index contributed by atoms with van der Waals surface area (Å²) in [4.78, 5) is -2.16. The first-order chi connectivity index (χ1) is 7.89. The second kappa shape index (κ2) is 3.72. The molecule has 0 radical (unpaired) electrons. The van der Waals surface area contributed by atoms with E-state index in [2.05, 4.69) is 0 Å². The summed E-state index contributed by atoms with van der Waals surface area (Å²) in [7, 11) is -9.09. The lowest BCUT2D eigenvalue weighted by atomic mass is 10.4. The highest BCUT2D eigenvalue weighted by atomic mass is 35.5. The SMILES string of the molecule is [2H]c1c([2H])c(S(N)(=O)=O)c([2H])c(S(N)(=O)=O)c1Cl. The first-order valence-electron chi connectivity index (χ1n) is 4.74. The van der Waals surface area contributed by atoms with Crippen molar-refractivity contribution in [2.45, 2.75) is 9.79 Å². The lowest BCUT2D eigenvalue weighted by Crippen LogP contribution is -2.16. The minimum atomic E-state index is -4.56. The predicted octanol–water partition coefficient (Wildman–Crippen LogP) is -0.365. The van der Waals surface area contributed by atoms with Gasteiger partial charge in [0.05, 0.1) is 14.0 Å². The van der Waals surface area contributed by atoms with Gasteiger partial charge in [0.1, 0.15) is 4.90 Å². The summed E-state index contributed by atoms with van der Waals surface area (Å²) >= 11 is 5.49. The standard InChI is InChI=1S/C6H7ClN2O4S2/c7-5-2-1-4(14(8,10)11)3-6(5)15(9,12)13/h1-3H,(H2,8,10,11)(H2,9,12,13)/i1D,2D,3D. The van der Waals surface area contributed by atoms with Gasteiger partial charge in [-0.1, -0.05) is 11.6 Å². The van der Waals surface area contributed by atoms with E-state index in [9.17, 15) is 16.8 Å². The van der Waals surface area contributed by atoms with E-state index in [1.807, 2.05) is 0 Å². The zero-order valence-electron chi connectivity index (χ0n) is 9.98. The highest BCUT2D eigenvalue weighted by molar-refractivity contribution is 7.90. The van der Waals surface area contributed by atoms with Crippen LogP contribution in [-0.2, 0) is 20.0 Å². The molecule has 15 heavy (non-hydrogen) atoms. The summed E-state index contributed by atoms with van der Waals surface area (Å²) in [5, 5.41) is 8.75. The van der Waals surface area contributed by atoms with E-state index in [1.165, 1.54) is 0 Å². The highest BCUT2D eigenvalue weighted by Crippen LogP contribution is 2.22. The molecule has 0 amide bonds. The lowest BCUT2D eigenvalue weighted by molar-refractivity contribution is 0.596. The third kappa shape index (κ3) is 2.89. The Kier molecular flexibility index (Phi) is 2.10. The normalized spacial score (nSPS) is 15.5. The van der Waals surface area contributed by atoms with Crippen molar-refractivity contribution < 1.29 is 20.9 Å². The van der Waals surface area contributed by atoms with Crippen molar-refractivity contribution in [1.82, 2.24) is 0 Å². The monoisotopic (exact) mass is 273 g/mol. The number of sulfonamides is 2. The van der Waals surface area contributed by atoms with Gasteiger partial charge in [-0.05, 0) is 18.1 Å². The Hall–Kier alpha value is -0.670. The van der Waals surface area contributed by atoms with Crippen LogP contribution in [0.15, 0.2) is 27.9 Å². The van der Waals surface area contributed by atoms with Crippen molar-refractivity contribution >= 4 is 31.6 Å². The summed E-state index contributed by atoms with van der Waals surface area (Å²) in [5.74, 6) is 0. The van der Waals surface area contributed by atoms with Crippen LogP contribution in [0.25, 0.3) is 0 Å². The largest absolute Gasteiger partial charge is 0.239 e. The molecule has 1 aromatic carbocycles. The molecule has 0 unspecified atom stereocenters. The molecular weight excluding hydrogens is 264 g/mol. The fourth-order valence-electron chi connectivity index (χ4n) is 0.696. The number of primary sulfonamides is 2. The first-order valence-corrected chi connectivity index (χ1v) is 6.71. The summed E-state index contributed by atoms with van der Waals surface area (Å²) in [6.07, 6.45) is 0. The molecule has 0 spiro atoms. The molecular formula is C6H7ClN2O4S2. The van der Waals surface area contributed by atoms with Gasteiger partial charge < -0.3 is 0 Å². The molecule has 0 saturated heterocycles. The summed E-state index contributed by atoms with van der Waals surface area (Å²) in [5.41, 5.74) is 0. The lowest BCUT2D eigenvalue weighted by Gasteiger charge is -2.03. The molecule has 0 atom stereocenters. The van der Waals surface area contributed by atoms with Crippen molar-refractivity contribution in [3.05, 3.63) is 23.1 Å². The molecule has 0 aliphatic carbocycles. The molecule has 0 saturated carbocycles. The van der Waals surface area contributed by atoms with Crippen LogP contribution in [0.5, 0.6) is 0 Å². The third-order valence-corrected chi connectivity index (χ3v) is 3.33. The summed E-state index contributed by atoms with van der Waals surface area (Å²) in [6, 6.07) is -2.97. The Labute approximate surface area is 96.2 Å². The minimum Gasteiger partial charge on any atom is -0.225 e. The number of hydrogen-bond donors (Lipinski definition) is 2. The molecule has 0 heterocycles. The van der Waals surface area contributed by atoms with Crippen LogP contribution < -0.4 is 10.3 Å². The van der Waals surface area contributed by atoms with Gasteiger partial charge >= 0.3 is 0 Å². The van der Waals surface area contributed by atoms with E-state index in [-0.39, 0.29) is 0 Å². The number of hydrogen-bond acceptors (Lipinski definition) is 4. The van der Waals surface area contributed by atoms with Gasteiger partial charge in [-0.3, -0.25) is 0 Å². The maximum Gasteiger partial charge on any atom is 0.239 e. The van der Waals surface area contributed by atoms with Crippen molar-refractivity contribution in [3.63, 3.8) is 0 Å². The molecule has 0 aliphatic heterocycles. The predicted molar refractivity (Wildman–Crippen MR) is 54.2 cm³/mol. The molecule has 1 aromatic rings. The van der Waals surface area contributed by atoms with E-state index in [0.29, 0.717) is 0 Å². The van der Waals surface area contributed by atoms with E-state index in [0.717, 1.165) is 0 Å². The number of halogens is 1. The Morgan fingerprint density at radius 1 is 1.13 bits per heavy atom. The van der Waals surface area contributed by atoms with E-state index >= 15 is 0 Å². The maximum atomic E-state index is 11.2. The molecule has 0 aliphatic rings. The van der Waals surface area contributed by atoms with Crippen LogP contribution >= 0.6 is 11.6 Å². The first kappa shape index (κ1) is 8.48. The molecule has 84 valence electrons. The van der Waals surface area contributed by atoms with Crippen molar-refractivity contribution in [2.24, 2.45) is 10.3 Å². The molecule has 0 bridgehead atoms. The van der Waals surface area contributed by atoms with Crippen LogP contribution in [0, 0.1) is 0 Å². The van der Waals surface area contributed by atoms with Crippen molar-refractivity contribution in [3.8, 4) is 0 Å². The Morgan fingerprint density at radius 2 is 1.67 bits per heavy atom. The van der Waals surface area contributed by atoms with E-state index < -0.39 is 53.0 Å². The minimum absolute atomic E-state index is 0.792. The van der Waals surface area contributed by atoms with Gasteiger partial charge in [0, 0.05) is 0 Å².